The predicted molar refractivity (Wildman–Crippen MR) is 94.5 cm³/mol. The molecule has 2 N–H and O–H groups in total. The molecule has 19 heavy (non-hydrogen) atoms. The Labute approximate surface area is 135 Å². The minimum atomic E-state index is 0. The lowest BCUT2D eigenvalue weighted by molar-refractivity contribution is 0.213. The Balaban J connectivity index is 0.00000324. The Bertz CT molecular complexity index is 238. The maximum atomic E-state index is 4.51. The monoisotopic (exact) mass is 382 g/mol. The SMILES string of the molecule is CCCN=C(NCC)NCCC1CCN(C)CC1.I. The summed E-state index contributed by atoms with van der Waals surface area (Å²) >= 11 is 0. The Kier molecular flexibility index (Phi) is 11.7. The van der Waals surface area contributed by atoms with Gasteiger partial charge in [-0.1, -0.05) is 6.92 Å². The van der Waals surface area contributed by atoms with Crippen LogP contribution in [-0.4, -0.2) is 50.6 Å². The molecule has 0 saturated carbocycles. The normalized spacial score (nSPS) is 17.9. The number of halogens is 1. The van der Waals surface area contributed by atoms with Gasteiger partial charge in [-0.3, -0.25) is 4.99 Å². The number of hydrogen-bond acceptors (Lipinski definition) is 2. The molecule has 0 spiro atoms. The van der Waals surface area contributed by atoms with E-state index in [1.807, 2.05) is 0 Å². The quantitative estimate of drug-likeness (QED) is 0.421. The molecule has 0 bridgehead atoms. The van der Waals surface area contributed by atoms with Crippen molar-refractivity contribution in [2.45, 2.75) is 39.5 Å². The van der Waals surface area contributed by atoms with Crippen molar-refractivity contribution in [2.24, 2.45) is 10.9 Å². The highest BCUT2D eigenvalue weighted by Gasteiger charge is 2.15. The van der Waals surface area contributed by atoms with Gasteiger partial charge in [-0.2, -0.15) is 0 Å². The van der Waals surface area contributed by atoms with Crippen molar-refractivity contribution in [1.29, 1.82) is 0 Å². The van der Waals surface area contributed by atoms with Crippen LogP contribution in [0.3, 0.4) is 0 Å². The molecule has 1 saturated heterocycles. The highest BCUT2D eigenvalue weighted by atomic mass is 127. The molecule has 1 rings (SSSR count). The maximum absolute atomic E-state index is 4.51. The van der Waals surface area contributed by atoms with E-state index in [9.17, 15) is 0 Å². The number of nitrogens with zero attached hydrogens (tertiary/aromatic N) is 2. The Morgan fingerprint density at radius 1 is 1.21 bits per heavy atom. The summed E-state index contributed by atoms with van der Waals surface area (Å²) in [7, 11) is 2.22. The van der Waals surface area contributed by atoms with Gasteiger partial charge < -0.3 is 15.5 Å². The molecule has 0 amide bonds. The molecule has 0 radical (unpaired) electrons. The van der Waals surface area contributed by atoms with E-state index >= 15 is 0 Å². The van der Waals surface area contributed by atoms with Crippen molar-refractivity contribution < 1.29 is 0 Å². The second kappa shape index (κ2) is 11.8. The first-order valence-electron chi connectivity index (χ1n) is 7.47. The molecule has 114 valence electrons. The summed E-state index contributed by atoms with van der Waals surface area (Å²) in [5, 5.41) is 6.73. The minimum Gasteiger partial charge on any atom is -0.357 e. The Morgan fingerprint density at radius 3 is 2.47 bits per heavy atom. The number of aliphatic imine (C=N–C) groups is 1. The molecule has 0 aromatic heterocycles. The molecule has 1 aliphatic rings. The fourth-order valence-corrected chi connectivity index (χ4v) is 2.31. The van der Waals surface area contributed by atoms with Crippen molar-refractivity contribution in [3.8, 4) is 0 Å². The number of likely N-dealkylation sites (tertiary alicyclic amines) is 1. The molecular weight excluding hydrogens is 351 g/mol. The molecule has 0 atom stereocenters. The van der Waals surface area contributed by atoms with Gasteiger partial charge in [0.15, 0.2) is 5.96 Å². The largest absolute Gasteiger partial charge is 0.357 e. The van der Waals surface area contributed by atoms with Crippen LogP contribution in [0.2, 0.25) is 0 Å². The molecule has 1 fully saturated rings. The van der Waals surface area contributed by atoms with Crippen LogP contribution < -0.4 is 10.6 Å². The standard InChI is InChI=1S/C14H30N4.HI/c1-4-9-16-14(15-5-2)17-10-6-13-7-11-18(3)12-8-13;/h13H,4-12H2,1-3H3,(H2,15,16,17);1H. The van der Waals surface area contributed by atoms with Crippen LogP contribution in [0, 0.1) is 5.92 Å². The fraction of sp³-hybridized carbons (Fsp3) is 0.929. The highest BCUT2D eigenvalue weighted by Crippen LogP contribution is 2.18. The van der Waals surface area contributed by atoms with Gasteiger partial charge in [0, 0.05) is 19.6 Å². The number of piperidine rings is 1. The average molecular weight is 382 g/mol. The zero-order chi connectivity index (χ0) is 13.2. The van der Waals surface area contributed by atoms with Gasteiger partial charge in [0.1, 0.15) is 0 Å². The van der Waals surface area contributed by atoms with E-state index in [1.54, 1.807) is 0 Å². The summed E-state index contributed by atoms with van der Waals surface area (Å²) in [4.78, 5) is 6.94. The van der Waals surface area contributed by atoms with Crippen molar-refractivity contribution >= 4 is 29.9 Å². The van der Waals surface area contributed by atoms with Crippen molar-refractivity contribution in [3.05, 3.63) is 0 Å². The van der Waals surface area contributed by atoms with Crippen molar-refractivity contribution in [1.82, 2.24) is 15.5 Å². The van der Waals surface area contributed by atoms with E-state index in [0.717, 1.165) is 37.9 Å². The third-order valence-electron chi connectivity index (χ3n) is 3.52. The lowest BCUT2D eigenvalue weighted by Crippen LogP contribution is -2.39. The van der Waals surface area contributed by atoms with E-state index in [-0.39, 0.29) is 24.0 Å². The number of rotatable bonds is 6. The molecule has 1 heterocycles. The maximum Gasteiger partial charge on any atom is 0.191 e. The first-order chi connectivity index (χ1) is 8.76. The number of nitrogens with one attached hydrogen (secondary N) is 2. The zero-order valence-corrected chi connectivity index (χ0v) is 15.1. The zero-order valence-electron chi connectivity index (χ0n) is 12.7. The smallest absolute Gasteiger partial charge is 0.191 e. The lowest BCUT2D eigenvalue weighted by atomic mass is 9.94. The Morgan fingerprint density at radius 2 is 1.89 bits per heavy atom. The molecule has 0 aromatic rings. The molecular formula is C14H31IN4. The van der Waals surface area contributed by atoms with E-state index in [1.165, 1.54) is 32.4 Å². The predicted octanol–water partition coefficient (Wildman–Crippen LogP) is 2.30. The van der Waals surface area contributed by atoms with Gasteiger partial charge in [0.2, 0.25) is 0 Å². The van der Waals surface area contributed by atoms with Crippen LogP contribution in [0.5, 0.6) is 0 Å². The first-order valence-corrected chi connectivity index (χ1v) is 7.47. The summed E-state index contributed by atoms with van der Waals surface area (Å²) in [6, 6.07) is 0. The molecule has 0 unspecified atom stereocenters. The van der Waals surface area contributed by atoms with E-state index < -0.39 is 0 Å². The van der Waals surface area contributed by atoms with Gasteiger partial charge in [0.05, 0.1) is 0 Å². The van der Waals surface area contributed by atoms with Crippen LogP contribution in [-0.2, 0) is 0 Å². The van der Waals surface area contributed by atoms with E-state index in [2.05, 4.69) is 41.4 Å². The van der Waals surface area contributed by atoms with Gasteiger partial charge in [-0.25, -0.2) is 0 Å². The minimum absolute atomic E-state index is 0. The van der Waals surface area contributed by atoms with E-state index in [4.69, 9.17) is 0 Å². The summed E-state index contributed by atoms with van der Waals surface area (Å²) in [6.45, 7) is 9.67. The summed E-state index contributed by atoms with van der Waals surface area (Å²) < 4.78 is 0. The van der Waals surface area contributed by atoms with Crippen LogP contribution in [0.25, 0.3) is 0 Å². The lowest BCUT2D eigenvalue weighted by Gasteiger charge is -2.29. The topological polar surface area (TPSA) is 39.7 Å². The summed E-state index contributed by atoms with van der Waals surface area (Å²) in [6.07, 6.45) is 5.07. The summed E-state index contributed by atoms with van der Waals surface area (Å²) in [5.74, 6) is 1.87. The van der Waals surface area contributed by atoms with Gasteiger partial charge in [-0.05, 0) is 58.7 Å². The summed E-state index contributed by atoms with van der Waals surface area (Å²) in [5.41, 5.74) is 0. The van der Waals surface area contributed by atoms with Gasteiger partial charge in [0.25, 0.3) is 0 Å². The molecule has 5 heteroatoms. The average Bonchev–Trinajstić information content (AvgIpc) is 2.38. The molecule has 0 aromatic carbocycles. The van der Waals surface area contributed by atoms with Gasteiger partial charge in [-0.15, -0.1) is 24.0 Å². The number of hydrogen-bond donors (Lipinski definition) is 2. The van der Waals surface area contributed by atoms with Crippen LogP contribution in [0.4, 0.5) is 0 Å². The first kappa shape index (κ1) is 19.0. The van der Waals surface area contributed by atoms with Crippen molar-refractivity contribution in [2.75, 3.05) is 39.8 Å². The molecule has 1 aliphatic heterocycles. The second-order valence-electron chi connectivity index (χ2n) is 5.22. The second-order valence-corrected chi connectivity index (χ2v) is 5.22. The van der Waals surface area contributed by atoms with Gasteiger partial charge >= 0.3 is 0 Å². The number of guanidine groups is 1. The third-order valence-corrected chi connectivity index (χ3v) is 3.52. The fourth-order valence-electron chi connectivity index (χ4n) is 2.31. The van der Waals surface area contributed by atoms with E-state index in [0.29, 0.717) is 0 Å². The third kappa shape index (κ3) is 8.68. The van der Waals surface area contributed by atoms with Crippen LogP contribution >= 0.6 is 24.0 Å². The van der Waals surface area contributed by atoms with Crippen LogP contribution in [0.1, 0.15) is 39.5 Å². The molecule has 0 aliphatic carbocycles. The van der Waals surface area contributed by atoms with Crippen molar-refractivity contribution in [3.63, 3.8) is 0 Å². The molecule has 4 nitrogen and oxygen atoms in total. The Hall–Kier alpha value is -0.0400. The highest BCUT2D eigenvalue weighted by molar-refractivity contribution is 14.0. The van der Waals surface area contributed by atoms with Crippen LogP contribution in [0.15, 0.2) is 4.99 Å².